The Kier molecular flexibility index (Phi) is 15.8. The van der Waals surface area contributed by atoms with Gasteiger partial charge in [-0.15, -0.1) is 0 Å². The van der Waals surface area contributed by atoms with Crippen molar-refractivity contribution < 1.29 is 4.74 Å². The number of ether oxygens (including phenoxy) is 1. The molecule has 0 aliphatic heterocycles. The van der Waals surface area contributed by atoms with Gasteiger partial charge in [-0.05, 0) is 53.3 Å². The van der Waals surface area contributed by atoms with Crippen LogP contribution >= 0.6 is 12.2 Å². The van der Waals surface area contributed by atoms with E-state index in [2.05, 4.69) is 34.3 Å². The van der Waals surface area contributed by atoms with E-state index in [4.69, 9.17) is 28.1 Å². The molecule has 0 saturated heterocycles. The van der Waals surface area contributed by atoms with Gasteiger partial charge in [0, 0.05) is 37.0 Å². The Morgan fingerprint density at radius 2 is 1.94 bits per heavy atom. The zero-order chi connectivity index (χ0) is 24.5. The average molecular weight is 460 g/mol. The summed E-state index contributed by atoms with van der Waals surface area (Å²) in [6, 6.07) is 7.27. The summed E-state index contributed by atoms with van der Waals surface area (Å²) in [4.78, 5) is 6.57. The summed E-state index contributed by atoms with van der Waals surface area (Å²) < 4.78 is 5.30. The summed E-state index contributed by atoms with van der Waals surface area (Å²) in [5, 5.41) is 11.3. The van der Waals surface area contributed by atoms with Gasteiger partial charge in [-0.1, -0.05) is 55.6 Å². The Balaban J connectivity index is 0.000000739. The first kappa shape index (κ1) is 29.5. The molecule has 0 aromatic heterocycles. The zero-order valence-electron chi connectivity index (χ0n) is 20.7. The molecular formula is C25H41N5OS. The number of hydrogen-bond acceptors (Lipinski definition) is 6. The maximum Gasteiger partial charge on any atom is 0.180 e. The maximum absolute atomic E-state index is 8.15. The van der Waals surface area contributed by atoms with E-state index in [9.17, 15) is 0 Å². The standard InChI is InChI=1S/C17H23N3S.C8H18N2O/c1-4-8-13(5-2)11-12(3)20-17(21)16(19)14-9-6-7-10-15(14)18;1-5-9-8(2)11-7-6-10(3)4/h4,6-11,13,19H,5,18H2,1-3H3,(H,20,21);5-7H2,1-4H3/b8-4-,12-11+,19-16?;. The summed E-state index contributed by atoms with van der Waals surface area (Å²) in [6.45, 7) is 12.5. The van der Waals surface area contributed by atoms with E-state index in [1.54, 1.807) is 12.1 Å². The van der Waals surface area contributed by atoms with Gasteiger partial charge < -0.3 is 20.7 Å². The van der Waals surface area contributed by atoms with Crippen molar-refractivity contribution in [3.8, 4) is 0 Å². The highest BCUT2D eigenvalue weighted by atomic mass is 32.1. The lowest BCUT2D eigenvalue weighted by Gasteiger charge is -2.13. The lowest BCUT2D eigenvalue weighted by atomic mass is 10.0. The lowest BCUT2D eigenvalue weighted by Crippen LogP contribution is -2.28. The van der Waals surface area contributed by atoms with Crippen LogP contribution in [0.25, 0.3) is 0 Å². The highest BCUT2D eigenvalue weighted by Crippen LogP contribution is 2.13. The number of hydrogen-bond donors (Lipinski definition) is 3. The van der Waals surface area contributed by atoms with Crippen molar-refractivity contribution in [2.24, 2.45) is 10.9 Å². The molecule has 32 heavy (non-hydrogen) atoms. The maximum atomic E-state index is 8.15. The number of rotatable bonds is 10. The molecule has 1 aromatic rings. The predicted molar refractivity (Wildman–Crippen MR) is 144 cm³/mol. The molecule has 6 nitrogen and oxygen atoms in total. The molecule has 0 amide bonds. The molecule has 0 aliphatic carbocycles. The second-order valence-electron chi connectivity index (χ2n) is 7.51. The van der Waals surface area contributed by atoms with Crippen LogP contribution in [0.5, 0.6) is 0 Å². The van der Waals surface area contributed by atoms with Gasteiger partial charge >= 0.3 is 0 Å². The molecule has 0 heterocycles. The van der Waals surface area contributed by atoms with E-state index >= 15 is 0 Å². The normalized spacial score (nSPS) is 12.9. The Morgan fingerprint density at radius 1 is 1.28 bits per heavy atom. The SMILES string of the molecule is C/C=C\C(/C=C(\C)NC(=S)C(=N)c1ccccc1N)CC.CCN=C(C)OCCN(C)C. The number of aliphatic imine (C=N–C) groups is 1. The lowest BCUT2D eigenvalue weighted by molar-refractivity contribution is 0.249. The highest BCUT2D eigenvalue weighted by Gasteiger charge is 2.11. The van der Waals surface area contributed by atoms with E-state index < -0.39 is 0 Å². The van der Waals surface area contributed by atoms with Crippen LogP contribution in [0.3, 0.4) is 0 Å². The first-order valence-electron chi connectivity index (χ1n) is 11.0. The molecule has 1 aromatic carbocycles. The molecule has 1 atom stereocenters. The number of nitrogen functional groups attached to an aromatic ring is 1. The van der Waals surface area contributed by atoms with Crippen LogP contribution in [0.15, 0.2) is 53.2 Å². The fourth-order valence-corrected chi connectivity index (χ4v) is 2.92. The van der Waals surface area contributed by atoms with Crippen LogP contribution in [0.1, 0.15) is 46.6 Å². The molecule has 4 N–H and O–H groups in total. The molecule has 0 radical (unpaired) electrons. The third-order valence-electron chi connectivity index (χ3n) is 4.37. The van der Waals surface area contributed by atoms with Crippen molar-refractivity contribution >= 4 is 34.5 Å². The monoisotopic (exact) mass is 459 g/mol. The van der Waals surface area contributed by atoms with Crippen molar-refractivity contribution in [2.75, 3.05) is 39.5 Å². The third kappa shape index (κ3) is 13.0. The molecule has 0 fully saturated rings. The minimum atomic E-state index is 0.245. The van der Waals surface area contributed by atoms with Crippen LogP contribution in [0.2, 0.25) is 0 Å². The summed E-state index contributed by atoms with van der Waals surface area (Å²) in [5.74, 6) is 1.16. The summed E-state index contributed by atoms with van der Waals surface area (Å²) in [5.41, 5.74) is 8.29. The predicted octanol–water partition coefficient (Wildman–Crippen LogP) is 5.06. The zero-order valence-corrected chi connectivity index (χ0v) is 21.6. The van der Waals surface area contributed by atoms with Crippen LogP contribution in [0.4, 0.5) is 5.69 Å². The molecule has 1 unspecified atom stereocenters. The van der Waals surface area contributed by atoms with Gasteiger partial charge in [-0.3, -0.25) is 10.4 Å². The molecule has 7 heteroatoms. The van der Waals surface area contributed by atoms with Crippen molar-refractivity contribution in [1.82, 2.24) is 10.2 Å². The summed E-state index contributed by atoms with van der Waals surface area (Å²) >= 11 is 5.30. The van der Waals surface area contributed by atoms with Crippen molar-refractivity contribution in [1.29, 1.82) is 5.41 Å². The Morgan fingerprint density at radius 3 is 2.47 bits per heavy atom. The number of nitrogens with two attached hydrogens (primary N) is 1. The second-order valence-corrected chi connectivity index (χ2v) is 7.92. The topological polar surface area (TPSA) is 86.7 Å². The largest absolute Gasteiger partial charge is 0.480 e. The van der Waals surface area contributed by atoms with Crippen LogP contribution in [0, 0.1) is 11.3 Å². The van der Waals surface area contributed by atoms with Gasteiger partial charge in [0.2, 0.25) is 0 Å². The fourth-order valence-electron chi connectivity index (χ4n) is 2.65. The summed E-state index contributed by atoms with van der Waals surface area (Å²) in [7, 11) is 4.05. The number of thiocarbonyl (C=S) groups is 1. The van der Waals surface area contributed by atoms with E-state index in [0.29, 0.717) is 22.2 Å². The minimum Gasteiger partial charge on any atom is -0.480 e. The van der Waals surface area contributed by atoms with Gasteiger partial charge in [0.25, 0.3) is 0 Å². The molecule has 0 bridgehead atoms. The van der Waals surface area contributed by atoms with E-state index in [1.807, 2.05) is 60.0 Å². The Labute approximate surface area is 200 Å². The number of benzene rings is 1. The number of nitrogens with one attached hydrogen (secondary N) is 2. The van der Waals surface area contributed by atoms with Crippen molar-refractivity contribution in [3.63, 3.8) is 0 Å². The fraction of sp³-hybridized carbons (Fsp3) is 0.480. The van der Waals surface area contributed by atoms with Crippen LogP contribution < -0.4 is 11.1 Å². The van der Waals surface area contributed by atoms with Crippen molar-refractivity contribution in [3.05, 3.63) is 53.8 Å². The number of nitrogens with zero attached hydrogens (tertiary/aromatic N) is 2. The number of likely N-dealkylation sites (N-methyl/N-ethyl adjacent to an activating group) is 1. The highest BCUT2D eigenvalue weighted by molar-refractivity contribution is 7.82. The first-order valence-corrected chi connectivity index (χ1v) is 11.4. The molecule has 0 spiro atoms. The molecule has 1 rings (SSSR count). The number of para-hydroxylation sites is 1. The van der Waals surface area contributed by atoms with Gasteiger partial charge in [0.05, 0.1) is 5.71 Å². The second kappa shape index (κ2) is 17.1. The van der Waals surface area contributed by atoms with E-state index in [1.165, 1.54) is 0 Å². The Hall–Kier alpha value is -2.51. The first-order chi connectivity index (χ1) is 15.2. The number of allylic oxidation sites excluding steroid dienone is 4. The Bertz CT molecular complexity index is 799. The van der Waals surface area contributed by atoms with Gasteiger partial charge in [-0.2, -0.15) is 0 Å². The van der Waals surface area contributed by atoms with Gasteiger partial charge in [0.15, 0.2) is 5.90 Å². The van der Waals surface area contributed by atoms with E-state index in [-0.39, 0.29) is 5.71 Å². The van der Waals surface area contributed by atoms with E-state index in [0.717, 1.165) is 37.7 Å². The quantitative estimate of drug-likeness (QED) is 0.150. The van der Waals surface area contributed by atoms with Crippen LogP contribution in [-0.2, 0) is 4.74 Å². The minimum absolute atomic E-state index is 0.245. The van der Waals surface area contributed by atoms with Gasteiger partial charge in [-0.25, -0.2) is 0 Å². The third-order valence-corrected chi connectivity index (χ3v) is 4.68. The number of anilines is 1. The molecule has 178 valence electrons. The average Bonchev–Trinajstić information content (AvgIpc) is 2.73. The van der Waals surface area contributed by atoms with Gasteiger partial charge in [0.1, 0.15) is 11.6 Å². The molecule has 0 aliphatic rings. The molecule has 0 saturated carbocycles. The smallest absolute Gasteiger partial charge is 0.180 e. The van der Waals surface area contributed by atoms with Crippen molar-refractivity contribution in [2.45, 2.75) is 41.0 Å². The molecular weight excluding hydrogens is 418 g/mol. The summed E-state index contributed by atoms with van der Waals surface area (Å²) in [6.07, 6.45) is 7.34. The van der Waals surface area contributed by atoms with Crippen LogP contribution in [-0.4, -0.2) is 55.3 Å².